The largest absolute Gasteiger partial charge is 0.516 e. The molecule has 0 aliphatic heterocycles. The van der Waals surface area contributed by atoms with Crippen LogP contribution in [-0.2, 0) is 20.4 Å². The minimum Gasteiger partial charge on any atom is -0.425 e. The first-order chi connectivity index (χ1) is 10.1. The zero-order chi connectivity index (χ0) is 16.9. The van der Waals surface area contributed by atoms with E-state index in [0.29, 0.717) is 0 Å². The number of carbonyl (C=O) groups excluding carboxylic acids is 2. The number of rotatable bonds is 4. The van der Waals surface area contributed by atoms with E-state index in [4.69, 9.17) is 4.74 Å². The van der Waals surface area contributed by atoms with Gasteiger partial charge in [0.15, 0.2) is 0 Å². The van der Waals surface area contributed by atoms with Gasteiger partial charge in [0.25, 0.3) is 0 Å². The summed E-state index contributed by atoms with van der Waals surface area (Å²) in [6.45, 7) is 4.53. The average molecular weight is 320 g/mol. The maximum absolute atomic E-state index is 12.4. The predicted octanol–water partition coefficient (Wildman–Crippen LogP) is 3.77. The van der Waals surface area contributed by atoms with Crippen LogP contribution in [0.3, 0.4) is 0 Å². The predicted molar refractivity (Wildman–Crippen MR) is 68.9 cm³/mol. The third kappa shape index (κ3) is 5.63. The summed E-state index contributed by atoms with van der Waals surface area (Å²) in [6, 6.07) is 3.50. The van der Waals surface area contributed by atoms with Gasteiger partial charge in [-0.3, -0.25) is 4.79 Å². The van der Waals surface area contributed by atoms with E-state index in [1.54, 1.807) is 13.8 Å². The number of carbonyl (C=O) groups is 2. The fourth-order valence-corrected chi connectivity index (χ4v) is 1.29. The van der Waals surface area contributed by atoms with E-state index in [9.17, 15) is 22.8 Å². The molecule has 0 aromatic heterocycles. The van der Waals surface area contributed by atoms with Crippen molar-refractivity contribution < 1.29 is 37.0 Å². The number of hydrogen-bond donors (Lipinski definition) is 0. The van der Waals surface area contributed by atoms with Crippen LogP contribution in [0, 0.1) is 5.92 Å². The van der Waals surface area contributed by atoms with Crippen LogP contribution in [-0.4, -0.2) is 18.4 Å². The number of benzene rings is 1. The second-order valence-corrected chi connectivity index (χ2v) is 4.65. The quantitative estimate of drug-likeness (QED) is 0.480. The average Bonchev–Trinajstić information content (AvgIpc) is 2.37. The Hall–Kier alpha value is -2.25. The molecule has 22 heavy (non-hydrogen) atoms. The maximum atomic E-state index is 12.4. The molecule has 0 heterocycles. The molecule has 5 nitrogen and oxygen atoms in total. The van der Waals surface area contributed by atoms with E-state index in [0.717, 1.165) is 24.3 Å². The lowest BCUT2D eigenvalue weighted by atomic mass is 10.2. The minimum absolute atomic E-state index is 0.125. The summed E-state index contributed by atoms with van der Waals surface area (Å²) in [6.07, 6.45) is -6.83. The topological polar surface area (TPSA) is 61.8 Å². The number of halogens is 3. The van der Waals surface area contributed by atoms with Crippen molar-refractivity contribution in [2.24, 2.45) is 5.92 Å². The third-order valence-corrected chi connectivity index (χ3v) is 2.40. The van der Waals surface area contributed by atoms with Crippen molar-refractivity contribution in [1.29, 1.82) is 0 Å². The molecule has 0 fully saturated rings. The molecule has 1 rings (SSSR count). The first-order valence-electron chi connectivity index (χ1n) is 6.36. The Morgan fingerprint density at radius 3 is 2.00 bits per heavy atom. The lowest BCUT2D eigenvalue weighted by Crippen LogP contribution is -2.25. The normalized spacial score (nSPS) is 12.7. The Morgan fingerprint density at radius 1 is 1.00 bits per heavy atom. The smallest absolute Gasteiger partial charge is 0.425 e. The summed E-state index contributed by atoms with van der Waals surface area (Å²) in [5, 5.41) is 0. The Balaban J connectivity index is 2.53. The minimum atomic E-state index is -4.47. The SMILES string of the molecule is CC(C)C(=O)O[C@@H](C)OC(=O)Oc1ccc(C(F)(F)F)cc1. The summed E-state index contributed by atoms with van der Waals surface area (Å²) in [7, 11) is 0. The van der Waals surface area contributed by atoms with Gasteiger partial charge in [-0.25, -0.2) is 4.79 Å². The van der Waals surface area contributed by atoms with Crippen molar-refractivity contribution in [2.75, 3.05) is 0 Å². The molecule has 0 radical (unpaired) electrons. The molecule has 0 saturated heterocycles. The molecule has 0 saturated carbocycles. The van der Waals surface area contributed by atoms with Gasteiger partial charge in [-0.2, -0.15) is 13.2 Å². The molecule has 0 aliphatic carbocycles. The molecule has 1 aromatic carbocycles. The van der Waals surface area contributed by atoms with E-state index >= 15 is 0 Å². The number of esters is 1. The van der Waals surface area contributed by atoms with Crippen LogP contribution in [0.5, 0.6) is 5.75 Å². The van der Waals surface area contributed by atoms with Gasteiger partial charge in [-0.1, -0.05) is 13.8 Å². The summed E-state index contributed by atoms with van der Waals surface area (Å²) in [5.41, 5.74) is -0.868. The highest BCUT2D eigenvalue weighted by atomic mass is 19.4. The van der Waals surface area contributed by atoms with Crippen LogP contribution in [0.1, 0.15) is 26.3 Å². The van der Waals surface area contributed by atoms with Gasteiger partial charge in [0, 0.05) is 6.92 Å². The highest BCUT2D eigenvalue weighted by Gasteiger charge is 2.30. The van der Waals surface area contributed by atoms with E-state index < -0.39 is 36.1 Å². The lowest BCUT2D eigenvalue weighted by molar-refractivity contribution is -0.170. The van der Waals surface area contributed by atoms with Crippen molar-refractivity contribution in [2.45, 2.75) is 33.2 Å². The molecule has 1 aromatic rings. The van der Waals surface area contributed by atoms with E-state index in [1.807, 2.05) is 0 Å². The van der Waals surface area contributed by atoms with E-state index in [2.05, 4.69) is 9.47 Å². The van der Waals surface area contributed by atoms with E-state index in [1.165, 1.54) is 6.92 Å². The maximum Gasteiger partial charge on any atom is 0.516 e. The lowest BCUT2D eigenvalue weighted by Gasteiger charge is -2.15. The molecule has 8 heteroatoms. The number of hydrogen-bond acceptors (Lipinski definition) is 5. The van der Waals surface area contributed by atoms with Gasteiger partial charge in [-0.15, -0.1) is 0 Å². The summed E-state index contributed by atoms with van der Waals surface area (Å²) in [5.74, 6) is -1.08. The van der Waals surface area contributed by atoms with Crippen LogP contribution >= 0.6 is 0 Å². The van der Waals surface area contributed by atoms with Crippen LogP contribution in [0.2, 0.25) is 0 Å². The van der Waals surface area contributed by atoms with Crippen molar-refractivity contribution in [3.8, 4) is 5.75 Å². The summed E-state index contributed by atoms with van der Waals surface area (Å²) in [4.78, 5) is 22.7. The summed E-state index contributed by atoms with van der Waals surface area (Å²) < 4.78 is 51.2. The van der Waals surface area contributed by atoms with Gasteiger partial charge in [0.2, 0.25) is 6.29 Å². The molecule has 0 aliphatic rings. The first-order valence-corrected chi connectivity index (χ1v) is 6.36. The molecule has 0 spiro atoms. The van der Waals surface area contributed by atoms with Crippen LogP contribution in [0.25, 0.3) is 0 Å². The molecule has 0 amide bonds. The van der Waals surface area contributed by atoms with Crippen LogP contribution < -0.4 is 4.74 Å². The molecule has 122 valence electrons. The highest BCUT2D eigenvalue weighted by Crippen LogP contribution is 2.30. The van der Waals surface area contributed by atoms with Crippen molar-refractivity contribution in [3.05, 3.63) is 29.8 Å². The fourth-order valence-electron chi connectivity index (χ4n) is 1.29. The third-order valence-electron chi connectivity index (χ3n) is 2.40. The van der Waals surface area contributed by atoms with Crippen molar-refractivity contribution in [1.82, 2.24) is 0 Å². The zero-order valence-electron chi connectivity index (χ0n) is 12.1. The highest BCUT2D eigenvalue weighted by molar-refractivity contribution is 5.72. The molecular formula is C14H15F3O5. The van der Waals surface area contributed by atoms with Gasteiger partial charge >= 0.3 is 18.3 Å². The molecule has 0 N–H and O–H groups in total. The van der Waals surface area contributed by atoms with E-state index in [-0.39, 0.29) is 5.75 Å². The second-order valence-electron chi connectivity index (χ2n) is 4.65. The van der Waals surface area contributed by atoms with Gasteiger partial charge in [0.1, 0.15) is 5.75 Å². The van der Waals surface area contributed by atoms with Gasteiger partial charge < -0.3 is 14.2 Å². The van der Waals surface area contributed by atoms with Crippen LogP contribution in [0.15, 0.2) is 24.3 Å². The monoisotopic (exact) mass is 320 g/mol. The van der Waals surface area contributed by atoms with Gasteiger partial charge in [0.05, 0.1) is 11.5 Å². The second kappa shape index (κ2) is 7.15. The Kier molecular flexibility index (Phi) is 5.78. The fraction of sp³-hybridized carbons (Fsp3) is 0.429. The molecule has 0 bridgehead atoms. The number of alkyl halides is 3. The summed E-state index contributed by atoms with van der Waals surface area (Å²) >= 11 is 0. The Morgan fingerprint density at radius 2 is 1.55 bits per heavy atom. The van der Waals surface area contributed by atoms with Crippen molar-refractivity contribution >= 4 is 12.1 Å². The van der Waals surface area contributed by atoms with Crippen LogP contribution in [0.4, 0.5) is 18.0 Å². The molecular weight excluding hydrogens is 305 g/mol. The van der Waals surface area contributed by atoms with Crippen molar-refractivity contribution in [3.63, 3.8) is 0 Å². The molecule has 1 atom stereocenters. The first kappa shape index (κ1) is 17.8. The Labute approximate surface area is 125 Å². The number of ether oxygens (including phenoxy) is 3. The Bertz CT molecular complexity index is 522. The van der Waals surface area contributed by atoms with Gasteiger partial charge in [-0.05, 0) is 24.3 Å². The zero-order valence-corrected chi connectivity index (χ0v) is 12.1. The standard InChI is InChI=1S/C14H15F3O5/c1-8(2)12(18)20-9(3)21-13(19)22-11-6-4-10(5-7-11)14(15,16)17/h4-9H,1-3H3/t9-/m1/s1. The molecule has 0 unspecified atom stereocenters.